The van der Waals surface area contributed by atoms with Gasteiger partial charge in [-0.05, 0) is 52.7 Å². The van der Waals surface area contributed by atoms with E-state index in [4.69, 9.17) is 5.73 Å². The van der Waals surface area contributed by atoms with Gasteiger partial charge in [0.2, 0.25) is 0 Å². The van der Waals surface area contributed by atoms with Crippen LogP contribution in [0, 0.1) is 6.92 Å². The molecule has 0 aliphatic carbocycles. The van der Waals surface area contributed by atoms with E-state index in [1.54, 1.807) is 11.3 Å². The van der Waals surface area contributed by atoms with E-state index >= 15 is 0 Å². The number of hydrogen-bond acceptors (Lipinski definition) is 2. The number of aryl methyl sites for hydroxylation is 1. The molecule has 1 aromatic carbocycles. The van der Waals surface area contributed by atoms with E-state index in [1.165, 1.54) is 9.75 Å². The van der Waals surface area contributed by atoms with Gasteiger partial charge in [-0.2, -0.15) is 0 Å². The smallest absolute Gasteiger partial charge is 0.0647 e. The Bertz CT molecular complexity index is 511. The van der Waals surface area contributed by atoms with Crippen LogP contribution < -0.4 is 5.73 Å². The Morgan fingerprint density at radius 1 is 1.06 bits per heavy atom. The van der Waals surface area contributed by atoms with Gasteiger partial charge in [0, 0.05) is 23.2 Å². The highest BCUT2D eigenvalue weighted by molar-refractivity contribution is 9.11. The Morgan fingerprint density at radius 3 is 2.12 bits per heavy atom. The van der Waals surface area contributed by atoms with Gasteiger partial charge in [-0.3, -0.25) is 0 Å². The Hall–Kier alpha value is 0.320. The average Bonchev–Trinajstić information content (AvgIpc) is 2.57. The van der Waals surface area contributed by atoms with Gasteiger partial charge < -0.3 is 5.73 Å². The lowest BCUT2D eigenvalue weighted by molar-refractivity contribution is 0.891. The van der Waals surface area contributed by atoms with Crippen LogP contribution in [0.3, 0.4) is 0 Å². The summed E-state index contributed by atoms with van der Waals surface area (Å²) in [6.45, 7) is 2.09. The number of nitrogens with two attached hydrogens (primary N) is 1. The fourth-order valence-corrected chi connectivity index (χ4v) is 4.47. The SMILES string of the molecule is Cc1sc(C(N)c2cc(Br)cc(Br)c2)cc1Br. The molecule has 0 spiro atoms. The summed E-state index contributed by atoms with van der Waals surface area (Å²) in [6.07, 6.45) is 0. The predicted molar refractivity (Wildman–Crippen MR) is 84.6 cm³/mol. The van der Waals surface area contributed by atoms with Gasteiger partial charge in [0.15, 0.2) is 0 Å². The Morgan fingerprint density at radius 2 is 1.65 bits per heavy atom. The number of hydrogen-bond donors (Lipinski definition) is 1. The predicted octanol–water partition coefficient (Wildman–Crippen LogP) is 5.39. The van der Waals surface area contributed by atoms with Crippen LogP contribution >= 0.6 is 59.1 Å². The lowest BCUT2D eigenvalue weighted by Crippen LogP contribution is -2.10. The van der Waals surface area contributed by atoms with E-state index < -0.39 is 0 Å². The maximum atomic E-state index is 6.28. The van der Waals surface area contributed by atoms with E-state index in [-0.39, 0.29) is 6.04 Å². The van der Waals surface area contributed by atoms with Crippen molar-refractivity contribution >= 4 is 59.1 Å². The first-order valence-corrected chi connectivity index (χ1v) is 8.14. The van der Waals surface area contributed by atoms with Crippen LogP contribution in [0.15, 0.2) is 37.7 Å². The summed E-state index contributed by atoms with van der Waals surface area (Å²) >= 11 is 12.2. The largest absolute Gasteiger partial charge is 0.320 e. The van der Waals surface area contributed by atoms with Crippen molar-refractivity contribution in [3.63, 3.8) is 0 Å². The van der Waals surface area contributed by atoms with Gasteiger partial charge in [0.25, 0.3) is 0 Å². The molecule has 2 rings (SSSR count). The molecule has 0 radical (unpaired) electrons. The van der Waals surface area contributed by atoms with E-state index in [9.17, 15) is 0 Å². The molecule has 1 heterocycles. The summed E-state index contributed by atoms with van der Waals surface area (Å²) in [5.74, 6) is 0. The first-order chi connectivity index (χ1) is 7.97. The topological polar surface area (TPSA) is 26.0 Å². The molecule has 17 heavy (non-hydrogen) atoms. The molecule has 0 aliphatic heterocycles. The maximum Gasteiger partial charge on any atom is 0.0647 e. The second kappa shape index (κ2) is 5.53. The van der Waals surface area contributed by atoms with Crippen LogP contribution in [0.25, 0.3) is 0 Å². The Balaban J connectivity index is 2.39. The van der Waals surface area contributed by atoms with Gasteiger partial charge >= 0.3 is 0 Å². The maximum absolute atomic E-state index is 6.28. The first-order valence-electron chi connectivity index (χ1n) is 4.95. The summed E-state index contributed by atoms with van der Waals surface area (Å²) in [4.78, 5) is 2.42. The molecule has 1 nitrogen and oxygen atoms in total. The van der Waals surface area contributed by atoms with Gasteiger partial charge in [0.05, 0.1) is 6.04 Å². The highest BCUT2D eigenvalue weighted by Gasteiger charge is 2.14. The van der Waals surface area contributed by atoms with Crippen molar-refractivity contribution in [2.24, 2.45) is 5.73 Å². The summed E-state index contributed by atoms with van der Waals surface area (Å²) in [5, 5.41) is 0. The second-order valence-electron chi connectivity index (χ2n) is 3.73. The summed E-state index contributed by atoms with van der Waals surface area (Å²) in [5.41, 5.74) is 7.38. The fraction of sp³-hybridized carbons (Fsp3) is 0.167. The minimum absolute atomic E-state index is 0.0844. The Kier molecular flexibility index (Phi) is 4.47. The third-order valence-corrected chi connectivity index (χ3v) is 5.56. The third kappa shape index (κ3) is 3.20. The lowest BCUT2D eigenvalue weighted by atomic mass is 10.1. The van der Waals surface area contributed by atoms with Crippen molar-refractivity contribution in [3.8, 4) is 0 Å². The molecular weight excluding hydrogens is 430 g/mol. The van der Waals surface area contributed by atoms with Crippen molar-refractivity contribution in [1.82, 2.24) is 0 Å². The van der Waals surface area contributed by atoms with Gasteiger partial charge in [-0.25, -0.2) is 0 Å². The van der Waals surface area contributed by atoms with Crippen LogP contribution in [-0.4, -0.2) is 0 Å². The molecule has 5 heteroatoms. The molecule has 2 N–H and O–H groups in total. The zero-order valence-electron chi connectivity index (χ0n) is 9.01. The monoisotopic (exact) mass is 437 g/mol. The number of benzene rings is 1. The Labute approximate surface area is 130 Å². The molecular formula is C12H10Br3NS. The number of halogens is 3. The minimum atomic E-state index is -0.0844. The third-order valence-electron chi connectivity index (χ3n) is 2.43. The van der Waals surface area contributed by atoms with Crippen LogP contribution in [0.4, 0.5) is 0 Å². The van der Waals surface area contributed by atoms with E-state index in [1.807, 2.05) is 6.07 Å². The molecule has 1 aromatic heterocycles. The lowest BCUT2D eigenvalue weighted by Gasteiger charge is -2.11. The number of rotatable bonds is 2. The average molecular weight is 440 g/mol. The van der Waals surface area contributed by atoms with E-state index in [0.717, 1.165) is 19.0 Å². The molecule has 0 bridgehead atoms. The molecule has 2 aromatic rings. The summed E-state index contributed by atoms with van der Waals surface area (Å²) in [6, 6.07) is 8.13. The summed E-state index contributed by atoms with van der Waals surface area (Å²) < 4.78 is 3.19. The molecule has 0 amide bonds. The van der Waals surface area contributed by atoms with Gasteiger partial charge in [0.1, 0.15) is 0 Å². The number of thiophene rings is 1. The van der Waals surface area contributed by atoms with Crippen molar-refractivity contribution in [3.05, 3.63) is 53.0 Å². The van der Waals surface area contributed by atoms with Crippen molar-refractivity contribution in [1.29, 1.82) is 0 Å². The van der Waals surface area contributed by atoms with Crippen molar-refractivity contribution < 1.29 is 0 Å². The van der Waals surface area contributed by atoms with E-state index in [0.29, 0.717) is 0 Å². The normalized spacial score (nSPS) is 12.8. The van der Waals surface area contributed by atoms with Crippen LogP contribution in [0.2, 0.25) is 0 Å². The zero-order chi connectivity index (χ0) is 12.6. The molecule has 90 valence electrons. The molecule has 0 fully saturated rings. The first kappa shape index (κ1) is 13.7. The molecule has 1 atom stereocenters. The van der Waals surface area contributed by atoms with Crippen molar-refractivity contribution in [2.45, 2.75) is 13.0 Å². The molecule has 0 aliphatic rings. The zero-order valence-corrected chi connectivity index (χ0v) is 14.6. The minimum Gasteiger partial charge on any atom is -0.320 e. The highest BCUT2D eigenvalue weighted by Crippen LogP contribution is 2.34. The van der Waals surface area contributed by atoms with Crippen LogP contribution in [-0.2, 0) is 0 Å². The fourth-order valence-electron chi connectivity index (χ4n) is 1.55. The van der Waals surface area contributed by atoms with E-state index in [2.05, 4.69) is 72.9 Å². The second-order valence-corrected chi connectivity index (χ2v) is 7.71. The van der Waals surface area contributed by atoms with Crippen LogP contribution in [0.5, 0.6) is 0 Å². The highest BCUT2D eigenvalue weighted by atomic mass is 79.9. The molecule has 0 saturated carbocycles. The standard InChI is InChI=1S/C12H10Br3NS/c1-6-10(15)5-11(17-6)12(16)7-2-8(13)4-9(14)3-7/h2-5,12H,16H2,1H3. The quantitative estimate of drug-likeness (QED) is 0.666. The molecule has 0 saturated heterocycles. The van der Waals surface area contributed by atoms with Gasteiger partial charge in [-0.1, -0.05) is 31.9 Å². The van der Waals surface area contributed by atoms with Gasteiger partial charge in [-0.15, -0.1) is 11.3 Å². The van der Waals surface area contributed by atoms with Crippen LogP contribution in [0.1, 0.15) is 21.4 Å². The summed E-state index contributed by atoms with van der Waals surface area (Å²) in [7, 11) is 0. The molecule has 1 unspecified atom stereocenters. The van der Waals surface area contributed by atoms with Crippen molar-refractivity contribution in [2.75, 3.05) is 0 Å².